The zero-order valence-electron chi connectivity index (χ0n) is 12.1. The number of aliphatic hydroxyl groups excluding tert-OH is 1. The normalized spacial score (nSPS) is 11.2. The quantitative estimate of drug-likeness (QED) is 0.577. The average molecular weight is 369 g/mol. The third kappa shape index (κ3) is 2.38. The predicted octanol–water partition coefficient (Wildman–Crippen LogP) is 4.54. The Kier molecular flexibility index (Phi) is 3.52. The molecule has 0 saturated heterocycles. The Balaban J connectivity index is 1.98. The van der Waals surface area contributed by atoms with E-state index in [1.807, 2.05) is 53.2 Å². The summed E-state index contributed by atoms with van der Waals surface area (Å²) in [6.07, 6.45) is 1.58. The fraction of sp³-hybridized carbons (Fsp3) is 0.0556. The Labute approximate surface area is 141 Å². The minimum Gasteiger partial charge on any atom is -0.462 e. The average Bonchev–Trinajstić information content (AvgIpc) is 3.19. The van der Waals surface area contributed by atoms with Crippen molar-refractivity contribution in [1.29, 1.82) is 0 Å². The Morgan fingerprint density at radius 1 is 1.04 bits per heavy atom. The molecule has 2 heterocycles. The summed E-state index contributed by atoms with van der Waals surface area (Å²) in [7, 11) is 0. The van der Waals surface area contributed by atoms with E-state index >= 15 is 0 Å². The summed E-state index contributed by atoms with van der Waals surface area (Å²) >= 11 is 3.45. The number of hydrogen-bond donors (Lipinski definition) is 1. The van der Waals surface area contributed by atoms with Gasteiger partial charge in [-0.25, -0.2) is 4.68 Å². The molecule has 0 amide bonds. The first-order valence-electron chi connectivity index (χ1n) is 7.19. The van der Waals surface area contributed by atoms with Gasteiger partial charge in [-0.1, -0.05) is 34.1 Å². The molecule has 0 unspecified atom stereocenters. The molecule has 0 radical (unpaired) electrons. The minimum atomic E-state index is -0.0781. The molecule has 0 atom stereocenters. The van der Waals surface area contributed by atoms with Crippen molar-refractivity contribution in [2.75, 3.05) is 0 Å². The molecule has 23 heavy (non-hydrogen) atoms. The van der Waals surface area contributed by atoms with Crippen LogP contribution in [0.5, 0.6) is 0 Å². The van der Waals surface area contributed by atoms with Crippen molar-refractivity contribution >= 4 is 26.8 Å². The molecular formula is C18H13BrN2O2. The standard InChI is InChI=1S/C18H13BrN2O2/c19-13-5-7-14(8-6-13)21-16-4-2-1-3-15(16)17(20-21)18-12(11-22)9-10-23-18/h1-10,22H,11H2. The number of rotatable bonds is 3. The monoisotopic (exact) mass is 368 g/mol. The van der Waals surface area contributed by atoms with E-state index < -0.39 is 0 Å². The first-order chi connectivity index (χ1) is 11.3. The molecule has 0 aliphatic heterocycles. The van der Waals surface area contributed by atoms with E-state index in [9.17, 15) is 5.11 Å². The molecule has 4 rings (SSSR count). The number of para-hydroxylation sites is 1. The second-order valence-corrected chi connectivity index (χ2v) is 6.10. The van der Waals surface area contributed by atoms with E-state index in [0.717, 1.165) is 32.3 Å². The lowest BCUT2D eigenvalue weighted by atomic mass is 10.1. The fourth-order valence-corrected chi connectivity index (χ4v) is 2.95. The van der Waals surface area contributed by atoms with Crippen LogP contribution in [0.4, 0.5) is 0 Å². The van der Waals surface area contributed by atoms with Crippen molar-refractivity contribution in [3.63, 3.8) is 0 Å². The van der Waals surface area contributed by atoms with Gasteiger partial charge >= 0.3 is 0 Å². The molecule has 0 aliphatic rings. The second kappa shape index (κ2) is 5.68. The molecule has 1 N–H and O–H groups in total. The van der Waals surface area contributed by atoms with Gasteiger partial charge in [0.15, 0.2) is 5.76 Å². The lowest BCUT2D eigenvalue weighted by Gasteiger charge is -2.03. The number of fused-ring (bicyclic) bond motifs is 1. The van der Waals surface area contributed by atoms with Gasteiger partial charge in [-0.05, 0) is 36.4 Å². The van der Waals surface area contributed by atoms with E-state index in [4.69, 9.17) is 9.52 Å². The smallest absolute Gasteiger partial charge is 0.160 e. The number of aromatic nitrogens is 2. The van der Waals surface area contributed by atoms with Crippen molar-refractivity contribution in [3.8, 4) is 17.1 Å². The summed E-state index contributed by atoms with van der Waals surface area (Å²) in [5.74, 6) is 0.611. The van der Waals surface area contributed by atoms with Crippen LogP contribution in [0.1, 0.15) is 5.56 Å². The van der Waals surface area contributed by atoms with E-state index in [0.29, 0.717) is 5.76 Å². The summed E-state index contributed by atoms with van der Waals surface area (Å²) in [5.41, 5.74) is 3.42. The molecule has 5 heteroatoms. The van der Waals surface area contributed by atoms with Crippen LogP contribution < -0.4 is 0 Å². The summed E-state index contributed by atoms with van der Waals surface area (Å²) in [6.45, 7) is -0.0781. The van der Waals surface area contributed by atoms with E-state index in [1.165, 1.54) is 0 Å². The zero-order chi connectivity index (χ0) is 15.8. The van der Waals surface area contributed by atoms with Crippen LogP contribution in [-0.4, -0.2) is 14.9 Å². The minimum absolute atomic E-state index is 0.0781. The Morgan fingerprint density at radius 2 is 1.83 bits per heavy atom. The maximum absolute atomic E-state index is 9.50. The molecule has 4 nitrogen and oxygen atoms in total. The molecule has 4 aromatic rings. The van der Waals surface area contributed by atoms with Gasteiger partial charge in [0.1, 0.15) is 5.69 Å². The molecule has 2 aromatic carbocycles. The molecular weight excluding hydrogens is 356 g/mol. The zero-order valence-corrected chi connectivity index (χ0v) is 13.7. The van der Waals surface area contributed by atoms with Crippen molar-refractivity contribution in [2.24, 2.45) is 0 Å². The van der Waals surface area contributed by atoms with Crippen LogP contribution >= 0.6 is 15.9 Å². The number of halogens is 1. The fourth-order valence-electron chi connectivity index (χ4n) is 2.68. The van der Waals surface area contributed by atoms with Gasteiger partial charge in [-0.15, -0.1) is 0 Å². The van der Waals surface area contributed by atoms with Crippen molar-refractivity contribution in [2.45, 2.75) is 6.61 Å². The van der Waals surface area contributed by atoms with Crippen LogP contribution in [0.3, 0.4) is 0 Å². The van der Waals surface area contributed by atoms with Crippen LogP contribution in [0.2, 0.25) is 0 Å². The molecule has 0 saturated carbocycles. The maximum Gasteiger partial charge on any atom is 0.160 e. The molecule has 0 bridgehead atoms. The van der Waals surface area contributed by atoms with Crippen LogP contribution in [-0.2, 0) is 6.61 Å². The van der Waals surface area contributed by atoms with Crippen molar-refractivity contribution in [3.05, 3.63) is 70.9 Å². The van der Waals surface area contributed by atoms with E-state index in [1.54, 1.807) is 12.3 Å². The largest absolute Gasteiger partial charge is 0.462 e. The summed E-state index contributed by atoms with van der Waals surface area (Å²) in [4.78, 5) is 0. The van der Waals surface area contributed by atoms with Gasteiger partial charge in [0.25, 0.3) is 0 Å². The first-order valence-corrected chi connectivity index (χ1v) is 7.98. The van der Waals surface area contributed by atoms with Gasteiger partial charge in [0.05, 0.1) is 24.1 Å². The lowest BCUT2D eigenvalue weighted by Crippen LogP contribution is -1.96. The third-order valence-corrected chi connectivity index (χ3v) is 4.32. The Hall–Kier alpha value is -2.37. The summed E-state index contributed by atoms with van der Waals surface area (Å²) in [6, 6.07) is 17.7. The number of nitrogens with zero attached hydrogens (tertiary/aromatic N) is 2. The van der Waals surface area contributed by atoms with Crippen LogP contribution in [0.25, 0.3) is 28.0 Å². The SMILES string of the molecule is OCc1ccoc1-c1nn(-c2ccc(Br)cc2)c2ccccc12. The number of benzene rings is 2. The third-order valence-electron chi connectivity index (χ3n) is 3.79. The Morgan fingerprint density at radius 3 is 2.61 bits per heavy atom. The molecule has 114 valence electrons. The topological polar surface area (TPSA) is 51.2 Å². The highest BCUT2D eigenvalue weighted by Gasteiger charge is 2.18. The van der Waals surface area contributed by atoms with Crippen molar-refractivity contribution < 1.29 is 9.52 Å². The maximum atomic E-state index is 9.50. The first kappa shape index (κ1) is 14.2. The lowest BCUT2D eigenvalue weighted by molar-refractivity contribution is 0.281. The highest BCUT2D eigenvalue weighted by molar-refractivity contribution is 9.10. The second-order valence-electron chi connectivity index (χ2n) is 5.19. The molecule has 0 aliphatic carbocycles. The van der Waals surface area contributed by atoms with Crippen molar-refractivity contribution in [1.82, 2.24) is 9.78 Å². The van der Waals surface area contributed by atoms with Crippen LogP contribution in [0, 0.1) is 0 Å². The van der Waals surface area contributed by atoms with Gasteiger partial charge in [0.2, 0.25) is 0 Å². The number of hydrogen-bond acceptors (Lipinski definition) is 3. The number of furan rings is 1. The highest BCUT2D eigenvalue weighted by Crippen LogP contribution is 2.32. The molecule has 2 aromatic heterocycles. The summed E-state index contributed by atoms with van der Waals surface area (Å²) in [5, 5.41) is 15.2. The molecule has 0 spiro atoms. The Bertz CT molecular complexity index is 970. The number of aliphatic hydroxyl groups is 1. The van der Waals surface area contributed by atoms with Gasteiger partial charge in [0, 0.05) is 15.4 Å². The predicted molar refractivity (Wildman–Crippen MR) is 92.4 cm³/mol. The highest BCUT2D eigenvalue weighted by atomic mass is 79.9. The van der Waals surface area contributed by atoms with Gasteiger partial charge in [-0.2, -0.15) is 5.10 Å². The van der Waals surface area contributed by atoms with Crippen LogP contribution in [0.15, 0.2) is 69.8 Å². The van der Waals surface area contributed by atoms with Gasteiger partial charge < -0.3 is 9.52 Å². The van der Waals surface area contributed by atoms with E-state index in [2.05, 4.69) is 15.9 Å². The molecule has 0 fully saturated rings. The summed E-state index contributed by atoms with van der Waals surface area (Å²) < 4.78 is 8.48. The van der Waals surface area contributed by atoms with E-state index in [-0.39, 0.29) is 6.61 Å². The van der Waals surface area contributed by atoms with Gasteiger partial charge in [-0.3, -0.25) is 0 Å².